The highest BCUT2D eigenvalue weighted by Crippen LogP contribution is 2.26. The molecular weight excluding hydrogens is 337 g/mol. The lowest BCUT2D eigenvalue weighted by Gasteiger charge is -2.15. The Hall–Kier alpha value is -2.04. The van der Waals surface area contributed by atoms with Crippen LogP contribution in [-0.4, -0.2) is 18.4 Å². The van der Waals surface area contributed by atoms with Crippen molar-refractivity contribution < 1.29 is 14.3 Å². The molecule has 4 nitrogen and oxygen atoms in total. The van der Waals surface area contributed by atoms with Crippen molar-refractivity contribution in [3.63, 3.8) is 0 Å². The van der Waals surface area contributed by atoms with Gasteiger partial charge in [0.2, 0.25) is 5.91 Å². The Morgan fingerprint density at radius 2 is 1.78 bits per heavy atom. The molecule has 2 aromatic rings. The summed E-state index contributed by atoms with van der Waals surface area (Å²) in [6, 6.07) is 11.4. The summed E-state index contributed by atoms with van der Waals surface area (Å²) in [7, 11) is 0. The van der Waals surface area contributed by atoms with Crippen LogP contribution in [0.4, 0.5) is 5.69 Å². The van der Waals surface area contributed by atoms with Gasteiger partial charge in [-0.2, -0.15) is 0 Å². The zero-order valence-corrected chi connectivity index (χ0v) is 13.6. The molecule has 6 heteroatoms. The third-order valence-electron chi connectivity index (χ3n) is 3.59. The molecule has 0 saturated carbocycles. The number of rotatable bonds is 3. The first kappa shape index (κ1) is 15.8. The summed E-state index contributed by atoms with van der Waals surface area (Å²) >= 11 is 11.7. The fraction of sp³-hybridized carbons (Fsp3) is 0.176. The number of hydrogen-bond acceptors (Lipinski definition) is 3. The normalized spacial score (nSPS) is 14.2. The molecule has 1 aliphatic rings. The molecule has 0 aromatic heterocycles. The molecule has 0 radical (unpaired) electrons. The lowest BCUT2D eigenvalue weighted by atomic mass is 10.2. The third kappa shape index (κ3) is 3.49. The molecule has 0 atom stereocenters. The molecule has 1 amide bonds. The molecule has 23 heavy (non-hydrogen) atoms. The number of hydrogen-bond donors (Lipinski definition) is 0. The summed E-state index contributed by atoms with van der Waals surface area (Å²) in [6.07, 6.45) is 1.45. The monoisotopic (exact) mass is 349 g/mol. The highest BCUT2D eigenvalue weighted by molar-refractivity contribution is 6.42. The molecule has 2 aromatic carbocycles. The second-order valence-electron chi connectivity index (χ2n) is 5.16. The Bertz CT molecular complexity index is 759. The van der Waals surface area contributed by atoms with Gasteiger partial charge in [0.25, 0.3) is 0 Å². The SMILES string of the molecule is O=C(Oc1ccc(N2CCCC2=O)cc1)c1ccc(Cl)c(Cl)c1. The Kier molecular flexibility index (Phi) is 4.55. The fourth-order valence-corrected chi connectivity index (χ4v) is 2.70. The first-order valence-electron chi connectivity index (χ1n) is 7.12. The molecule has 0 aliphatic carbocycles. The van der Waals surface area contributed by atoms with Crippen molar-refractivity contribution in [1.29, 1.82) is 0 Å². The number of nitrogens with zero attached hydrogens (tertiary/aromatic N) is 1. The Morgan fingerprint density at radius 3 is 2.39 bits per heavy atom. The summed E-state index contributed by atoms with van der Waals surface area (Å²) in [4.78, 5) is 25.5. The Balaban J connectivity index is 1.71. The zero-order valence-electron chi connectivity index (χ0n) is 12.1. The molecule has 1 saturated heterocycles. The predicted octanol–water partition coefficient (Wildman–Crippen LogP) is 4.34. The second kappa shape index (κ2) is 6.60. The number of esters is 1. The minimum Gasteiger partial charge on any atom is -0.423 e. The van der Waals surface area contributed by atoms with Crippen LogP contribution in [-0.2, 0) is 4.79 Å². The molecule has 0 unspecified atom stereocenters. The van der Waals surface area contributed by atoms with E-state index in [0.29, 0.717) is 27.8 Å². The fourth-order valence-electron chi connectivity index (χ4n) is 2.40. The molecule has 3 rings (SSSR count). The van der Waals surface area contributed by atoms with Crippen molar-refractivity contribution in [2.24, 2.45) is 0 Å². The molecule has 1 heterocycles. The molecule has 118 valence electrons. The van der Waals surface area contributed by atoms with E-state index in [4.69, 9.17) is 27.9 Å². The van der Waals surface area contributed by atoms with Crippen LogP contribution in [0.3, 0.4) is 0 Å². The van der Waals surface area contributed by atoms with Gasteiger partial charge in [-0.1, -0.05) is 23.2 Å². The van der Waals surface area contributed by atoms with Crippen LogP contribution in [0.2, 0.25) is 10.0 Å². The highest BCUT2D eigenvalue weighted by atomic mass is 35.5. The largest absolute Gasteiger partial charge is 0.423 e. The van der Waals surface area contributed by atoms with Crippen LogP contribution in [0.15, 0.2) is 42.5 Å². The van der Waals surface area contributed by atoms with Crippen LogP contribution in [0, 0.1) is 0 Å². The van der Waals surface area contributed by atoms with E-state index in [1.807, 2.05) is 0 Å². The molecule has 1 aliphatic heterocycles. The predicted molar refractivity (Wildman–Crippen MR) is 89.4 cm³/mol. The standard InChI is InChI=1S/C17H13Cl2NO3/c18-14-8-3-11(10-15(14)19)17(22)23-13-6-4-12(5-7-13)20-9-1-2-16(20)21/h3-8,10H,1-2,9H2. The average Bonchev–Trinajstić information content (AvgIpc) is 2.97. The first-order valence-corrected chi connectivity index (χ1v) is 7.88. The van der Waals surface area contributed by atoms with Crippen molar-refractivity contribution in [2.45, 2.75) is 12.8 Å². The van der Waals surface area contributed by atoms with Gasteiger partial charge in [-0.05, 0) is 48.9 Å². The summed E-state index contributed by atoms with van der Waals surface area (Å²) in [5, 5.41) is 0.673. The summed E-state index contributed by atoms with van der Waals surface area (Å²) < 4.78 is 5.30. The average molecular weight is 350 g/mol. The number of ether oxygens (including phenoxy) is 1. The number of carbonyl (C=O) groups excluding carboxylic acids is 2. The van der Waals surface area contributed by atoms with Gasteiger partial charge in [-0.3, -0.25) is 4.79 Å². The van der Waals surface area contributed by atoms with Gasteiger partial charge >= 0.3 is 5.97 Å². The van der Waals surface area contributed by atoms with Crippen molar-refractivity contribution >= 4 is 40.8 Å². The molecule has 0 spiro atoms. The molecule has 0 bridgehead atoms. The van der Waals surface area contributed by atoms with E-state index in [1.165, 1.54) is 6.07 Å². The molecular formula is C17H13Cl2NO3. The van der Waals surface area contributed by atoms with E-state index < -0.39 is 5.97 Å². The van der Waals surface area contributed by atoms with Gasteiger partial charge in [0.15, 0.2) is 0 Å². The number of anilines is 1. The number of benzene rings is 2. The van der Waals surface area contributed by atoms with Crippen LogP contribution >= 0.6 is 23.2 Å². The van der Waals surface area contributed by atoms with Gasteiger partial charge in [-0.25, -0.2) is 4.79 Å². The quantitative estimate of drug-likeness (QED) is 0.611. The second-order valence-corrected chi connectivity index (χ2v) is 5.98. The van der Waals surface area contributed by atoms with Gasteiger partial charge in [0.1, 0.15) is 5.75 Å². The minimum absolute atomic E-state index is 0.116. The van der Waals surface area contributed by atoms with Gasteiger partial charge < -0.3 is 9.64 Å². The molecule has 0 N–H and O–H groups in total. The van der Waals surface area contributed by atoms with Crippen molar-refractivity contribution in [3.8, 4) is 5.75 Å². The van der Waals surface area contributed by atoms with E-state index in [9.17, 15) is 9.59 Å². The number of amides is 1. The smallest absolute Gasteiger partial charge is 0.343 e. The summed E-state index contributed by atoms with van der Waals surface area (Å²) in [6.45, 7) is 0.723. The van der Waals surface area contributed by atoms with Crippen LogP contribution in [0.5, 0.6) is 5.75 Å². The maximum Gasteiger partial charge on any atom is 0.343 e. The van der Waals surface area contributed by atoms with E-state index in [2.05, 4.69) is 0 Å². The summed E-state index contributed by atoms with van der Waals surface area (Å²) in [5.74, 6) is -0.00409. The van der Waals surface area contributed by atoms with E-state index in [0.717, 1.165) is 18.7 Å². The van der Waals surface area contributed by atoms with Crippen LogP contribution < -0.4 is 9.64 Å². The third-order valence-corrected chi connectivity index (χ3v) is 4.33. The lowest BCUT2D eigenvalue weighted by molar-refractivity contribution is -0.117. The van der Waals surface area contributed by atoms with Crippen molar-refractivity contribution in [3.05, 3.63) is 58.1 Å². The molecule has 1 fully saturated rings. The Labute approximate surface area is 143 Å². The topological polar surface area (TPSA) is 46.6 Å². The van der Waals surface area contributed by atoms with Gasteiger partial charge in [-0.15, -0.1) is 0 Å². The summed E-state index contributed by atoms with van der Waals surface area (Å²) in [5.41, 5.74) is 1.13. The zero-order chi connectivity index (χ0) is 16.4. The minimum atomic E-state index is -0.520. The van der Waals surface area contributed by atoms with Crippen molar-refractivity contribution in [1.82, 2.24) is 0 Å². The van der Waals surface area contributed by atoms with E-state index in [1.54, 1.807) is 41.3 Å². The van der Waals surface area contributed by atoms with Gasteiger partial charge in [0, 0.05) is 18.7 Å². The Morgan fingerprint density at radius 1 is 1.04 bits per heavy atom. The highest BCUT2D eigenvalue weighted by Gasteiger charge is 2.21. The maximum atomic E-state index is 12.1. The van der Waals surface area contributed by atoms with E-state index >= 15 is 0 Å². The first-order chi connectivity index (χ1) is 11.0. The number of carbonyl (C=O) groups is 2. The number of halogens is 2. The van der Waals surface area contributed by atoms with Crippen LogP contribution in [0.1, 0.15) is 23.2 Å². The van der Waals surface area contributed by atoms with Crippen molar-refractivity contribution in [2.75, 3.05) is 11.4 Å². The lowest BCUT2D eigenvalue weighted by Crippen LogP contribution is -2.23. The maximum absolute atomic E-state index is 12.1. The van der Waals surface area contributed by atoms with Crippen LogP contribution in [0.25, 0.3) is 0 Å². The van der Waals surface area contributed by atoms with E-state index in [-0.39, 0.29) is 5.91 Å². The van der Waals surface area contributed by atoms with Gasteiger partial charge in [0.05, 0.1) is 15.6 Å².